The first-order valence-corrected chi connectivity index (χ1v) is 8.81. The van der Waals surface area contributed by atoms with Gasteiger partial charge in [0.1, 0.15) is 18.4 Å². The number of nitrogens with zero attached hydrogens (tertiary/aromatic N) is 2. The molecule has 0 spiro atoms. The molecule has 2 aromatic carbocycles. The Labute approximate surface area is 155 Å². The van der Waals surface area contributed by atoms with Crippen LogP contribution in [0.15, 0.2) is 48.5 Å². The Morgan fingerprint density at radius 3 is 2.63 bits per heavy atom. The van der Waals surface area contributed by atoms with Gasteiger partial charge in [-0.3, -0.25) is 14.4 Å². The minimum absolute atomic E-state index is 0.178. The fraction of sp³-hybridized carbons (Fsp3) is 0.250. The molecule has 1 saturated heterocycles. The molecule has 27 heavy (non-hydrogen) atoms. The Morgan fingerprint density at radius 2 is 1.85 bits per heavy atom. The van der Waals surface area contributed by atoms with Crippen LogP contribution >= 0.6 is 0 Å². The Hall–Kier alpha value is -3.22. The van der Waals surface area contributed by atoms with Gasteiger partial charge in [-0.05, 0) is 49.2 Å². The molecule has 2 aromatic rings. The van der Waals surface area contributed by atoms with E-state index in [1.54, 1.807) is 29.2 Å². The lowest BCUT2D eigenvalue weighted by Crippen LogP contribution is -2.47. The first-order chi connectivity index (χ1) is 13.0. The van der Waals surface area contributed by atoms with Crippen LogP contribution in [0.1, 0.15) is 23.2 Å². The first-order valence-electron chi connectivity index (χ1n) is 8.81. The van der Waals surface area contributed by atoms with Gasteiger partial charge in [-0.25, -0.2) is 4.39 Å². The standard InChI is InChI=1S/C20H18FN3O3/c21-13-7-9-14(10-8-13)22-18(25)12-24-16-5-2-1-4-15(16)19(26)23-11-3-6-17(23)20(24)27/h1-2,4-5,7-10,17H,3,6,11-12H2,(H,22,25)/t17-/m1/s1. The summed E-state index contributed by atoms with van der Waals surface area (Å²) in [7, 11) is 0. The second-order valence-corrected chi connectivity index (χ2v) is 6.65. The largest absolute Gasteiger partial charge is 0.327 e. The molecule has 0 unspecified atom stereocenters. The predicted molar refractivity (Wildman–Crippen MR) is 97.9 cm³/mol. The van der Waals surface area contributed by atoms with Crippen LogP contribution in [0, 0.1) is 5.82 Å². The van der Waals surface area contributed by atoms with Crippen molar-refractivity contribution >= 4 is 29.1 Å². The van der Waals surface area contributed by atoms with Gasteiger partial charge in [0.2, 0.25) is 11.8 Å². The summed E-state index contributed by atoms with van der Waals surface area (Å²) < 4.78 is 13.0. The topological polar surface area (TPSA) is 69.7 Å². The highest BCUT2D eigenvalue weighted by Crippen LogP contribution is 2.32. The van der Waals surface area contributed by atoms with E-state index in [9.17, 15) is 18.8 Å². The monoisotopic (exact) mass is 367 g/mol. The van der Waals surface area contributed by atoms with E-state index in [4.69, 9.17) is 0 Å². The molecule has 1 atom stereocenters. The minimum atomic E-state index is -0.538. The average Bonchev–Trinajstić information content (AvgIpc) is 3.14. The summed E-state index contributed by atoms with van der Waals surface area (Å²) in [6.45, 7) is 0.323. The molecule has 3 amide bonds. The van der Waals surface area contributed by atoms with Crippen LogP contribution in [0.5, 0.6) is 0 Å². The van der Waals surface area contributed by atoms with E-state index in [0.29, 0.717) is 29.9 Å². The molecular weight excluding hydrogens is 349 g/mol. The maximum absolute atomic E-state index is 13.1. The molecule has 7 heteroatoms. The zero-order valence-electron chi connectivity index (χ0n) is 14.5. The van der Waals surface area contributed by atoms with E-state index >= 15 is 0 Å². The minimum Gasteiger partial charge on any atom is -0.327 e. The number of hydrogen-bond acceptors (Lipinski definition) is 3. The van der Waals surface area contributed by atoms with E-state index in [0.717, 1.165) is 6.42 Å². The highest BCUT2D eigenvalue weighted by molar-refractivity contribution is 6.13. The summed E-state index contributed by atoms with van der Waals surface area (Å²) in [5.41, 5.74) is 1.30. The Morgan fingerprint density at radius 1 is 1.11 bits per heavy atom. The first kappa shape index (κ1) is 17.2. The molecule has 0 aromatic heterocycles. The Kier molecular flexibility index (Phi) is 4.35. The van der Waals surface area contributed by atoms with E-state index in [1.165, 1.54) is 29.2 Å². The van der Waals surface area contributed by atoms with Crippen molar-refractivity contribution in [3.63, 3.8) is 0 Å². The number of hydrogen-bond donors (Lipinski definition) is 1. The summed E-state index contributed by atoms with van der Waals surface area (Å²) in [6, 6.07) is 11.7. The number of fused-ring (bicyclic) bond motifs is 2. The van der Waals surface area contributed by atoms with Crippen LogP contribution in [0.2, 0.25) is 0 Å². The van der Waals surface area contributed by atoms with Gasteiger partial charge >= 0.3 is 0 Å². The van der Waals surface area contributed by atoms with Crippen molar-refractivity contribution in [2.75, 3.05) is 23.3 Å². The summed E-state index contributed by atoms with van der Waals surface area (Å²) in [4.78, 5) is 41.4. The van der Waals surface area contributed by atoms with Crippen LogP contribution in [0.4, 0.5) is 15.8 Å². The number of rotatable bonds is 3. The van der Waals surface area contributed by atoms with Gasteiger partial charge in [0.05, 0.1) is 11.3 Å². The molecule has 0 radical (unpaired) electrons. The van der Waals surface area contributed by atoms with E-state index in [2.05, 4.69) is 5.32 Å². The van der Waals surface area contributed by atoms with Crippen molar-refractivity contribution in [2.45, 2.75) is 18.9 Å². The number of carbonyl (C=O) groups excluding carboxylic acids is 3. The van der Waals surface area contributed by atoms with Gasteiger partial charge in [-0.2, -0.15) is 0 Å². The molecule has 2 aliphatic rings. The Balaban J connectivity index is 1.62. The summed E-state index contributed by atoms with van der Waals surface area (Å²) >= 11 is 0. The second kappa shape index (κ2) is 6.83. The molecule has 0 aliphatic carbocycles. The maximum atomic E-state index is 13.1. The third-order valence-electron chi connectivity index (χ3n) is 4.92. The molecular formula is C20H18FN3O3. The van der Waals surface area contributed by atoms with Gasteiger partial charge < -0.3 is 15.1 Å². The lowest BCUT2D eigenvalue weighted by atomic mass is 10.1. The van der Waals surface area contributed by atoms with Gasteiger partial charge in [-0.1, -0.05) is 12.1 Å². The van der Waals surface area contributed by atoms with E-state index < -0.39 is 17.8 Å². The average molecular weight is 367 g/mol. The number of para-hydroxylation sites is 1. The summed E-state index contributed by atoms with van der Waals surface area (Å²) in [6.07, 6.45) is 1.36. The third kappa shape index (κ3) is 3.16. The van der Waals surface area contributed by atoms with Crippen LogP contribution in [-0.4, -0.2) is 41.8 Å². The van der Waals surface area contributed by atoms with Gasteiger partial charge in [0.15, 0.2) is 0 Å². The number of amides is 3. The smallest absolute Gasteiger partial charge is 0.256 e. The lowest BCUT2D eigenvalue weighted by Gasteiger charge is -2.25. The number of nitrogens with one attached hydrogen (secondary N) is 1. The molecule has 138 valence electrons. The van der Waals surface area contributed by atoms with Crippen molar-refractivity contribution in [2.24, 2.45) is 0 Å². The highest BCUT2D eigenvalue weighted by Gasteiger charge is 2.42. The molecule has 4 rings (SSSR count). The molecule has 2 heterocycles. The van der Waals surface area contributed by atoms with E-state index in [-0.39, 0.29) is 18.4 Å². The van der Waals surface area contributed by atoms with Crippen LogP contribution in [-0.2, 0) is 9.59 Å². The zero-order valence-corrected chi connectivity index (χ0v) is 14.5. The van der Waals surface area contributed by atoms with Crippen LogP contribution in [0.3, 0.4) is 0 Å². The van der Waals surface area contributed by atoms with Crippen molar-refractivity contribution in [3.8, 4) is 0 Å². The lowest BCUT2D eigenvalue weighted by molar-refractivity contribution is -0.124. The van der Waals surface area contributed by atoms with Gasteiger partial charge in [0, 0.05) is 12.2 Å². The van der Waals surface area contributed by atoms with Crippen LogP contribution in [0.25, 0.3) is 0 Å². The van der Waals surface area contributed by atoms with Crippen LogP contribution < -0.4 is 10.2 Å². The molecule has 1 fully saturated rings. The maximum Gasteiger partial charge on any atom is 0.256 e. The number of halogens is 1. The molecule has 1 N–H and O–H groups in total. The van der Waals surface area contributed by atoms with Crippen molar-refractivity contribution in [3.05, 3.63) is 59.9 Å². The SMILES string of the molecule is O=C(CN1C(=O)[C@H]2CCCN2C(=O)c2ccccc21)Nc1ccc(F)cc1. The zero-order chi connectivity index (χ0) is 19.0. The molecule has 0 bridgehead atoms. The second-order valence-electron chi connectivity index (χ2n) is 6.65. The highest BCUT2D eigenvalue weighted by atomic mass is 19.1. The summed E-state index contributed by atoms with van der Waals surface area (Å²) in [5.74, 6) is -1.24. The van der Waals surface area contributed by atoms with Crippen molar-refractivity contribution in [1.29, 1.82) is 0 Å². The predicted octanol–water partition coefficient (Wildman–Crippen LogP) is 2.42. The normalized spacial score (nSPS) is 18.8. The Bertz CT molecular complexity index is 913. The fourth-order valence-electron chi connectivity index (χ4n) is 3.65. The van der Waals surface area contributed by atoms with E-state index in [1.807, 2.05) is 0 Å². The van der Waals surface area contributed by atoms with Crippen molar-refractivity contribution < 1.29 is 18.8 Å². The van der Waals surface area contributed by atoms with Crippen molar-refractivity contribution in [1.82, 2.24) is 4.90 Å². The quantitative estimate of drug-likeness (QED) is 0.906. The molecule has 2 aliphatic heterocycles. The van der Waals surface area contributed by atoms with Gasteiger partial charge in [0.25, 0.3) is 5.91 Å². The molecule has 0 saturated carbocycles. The third-order valence-corrected chi connectivity index (χ3v) is 4.92. The summed E-state index contributed by atoms with van der Waals surface area (Å²) in [5, 5.41) is 2.66. The fourth-order valence-corrected chi connectivity index (χ4v) is 3.65. The molecule has 6 nitrogen and oxygen atoms in total. The number of benzene rings is 2. The number of anilines is 2. The van der Waals surface area contributed by atoms with Gasteiger partial charge in [-0.15, -0.1) is 0 Å². The number of carbonyl (C=O) groups is 3.